The number of aliphatic hydroxyl groups is 1. The molecule has 1 N–H and O–H groups in total. The number of fused-ring (bicyclic) bond motifs is 2. The molecular formula is C13H21N3O. The summed E-state index contributed by atoms with van der Waals surface area (Å²) in [6, 6.07) is 0. The topological polar surface area (TPSA) is 50.9 Å². The van der Waals surface area contributed by atoms with E-state index in [1.54, 1.807) is 13.8 Å². The van der Waals surface area contributed by atoms with E-state index in [1.807, 2.05) is 10.9 Å². The van der Waals surface area contributed by atoms with Crippen molar-refractivity contribution in [2.24, 2.45) is 17.8 Å². The van der Waals surface area contributed by atoms with E-state index in [0.29, 0.717) is 5.69 Å². The molecule has 1 aromatic rings. The van der Waals surface area contributed by atoms with Gasteiger partial charge in [0.2, 0.25) is 0 Å². The molecule has 2 aliphatic rings. The van der Waals surface area contributed by atoms with Crippen molar-refractivity contribution in [3.05, 3.63) is 11.9 Å². The molecule has 4 nitrogen and oxygen atoms in total. The molecule has 2 bridgehead atoms. The van der Waals surface area contributed by atoms with Crippen LogP contribution in [0.2, 0.25) is 0 Å². The third-order valence-corrected chi connectivity index (χ3v) is 4.47. The molecule has 2 fully saturated rings. The van der Waals surface area contributed by atoms with Gasteiger partial charge in [0.15, 0.2) is 0 Å². The van der Waals surface area contributed by atoms with Crippen LogP contribution in [0.1, 0.15) is 45.2 Å². The fourth-order valence-electron chi connectivity index (χ4n) is 3.51. The van der Waals surface area contributed by atoms with Crippen LogP contribution in [0, 0.1) is 17.8 Å². The van der Waals surface area contributed by atoms with Crippen LogP contribution in [0.5, 0.6) is 0 Å². The lowest BCUT2D eigenvalue weighted by atomic mass is 9.89. The summed E-state index contributed by atoms with van der Waals surface area (Å²) >= 11 is 0. The quantitative estimate of drug-likeness (QED) is 0.871. The lowest BCUT2D eigenvalue weighted by Gasteiger charge is -2.21. The van der Waals surface area contributed by atoms with Crippen molar-refractivity contribution in [3.8, 4) is 0 Å². The molecule has 2 saturated carbocycles. The Labute approximate surface area is 102 Å². The molecule has 0 spiro atoms. The molecule has 4 heteroatoms. The SMILES string of the molecule is CC(C)(O)c1cn(CC2CC3CCC2C3)nn1. The molecule has 1 aromatic heterocycles. The molecule has 17 heavy (non-hydrogen) atoms. The van der Waals surface area contributed by atoms with Gasteiger partial charge in [0.25, 0.3) is 0 Å². The predicted octanol–water partition coefficient (Wildman–Crippen LogP) is 1.94. The molecule has 0 radical (unpaired) electrons. The Hall–Kier alpha value is -0.900. The fraction of sp³-hybridized carbons (Fsp3) is 0.846. The Morgan fingerprint density at radius 1 is 1.41 bits per heavy atom. The fourth-order valence-corrected chi connectivity index (χ4v) is 3.51. The van der Waals surface area contributed by atoms with Gasteiger partial charge >= 0.3 is 0 Å². The maximum Gasteiger partial charge on any atom is 0.114 e. The summed E-state index contributed by atoms with van der Waals surface area (Å²) in [6.45, 7) is 4.47. The van der Waals surface area contributed by atoms with Gasteiger partial charge in [0, 0.05) is 6.54 Å². The number of aromatic nitrogens is 3. The van der Waals surface area contributed by atoms with Crippen LogP contribution in [0.3, 0.4) is 0 Å². The summed E-state index contributed by atoms with van der Waals surface area (Å²) in [5.41, 5.74) is -0.215. The van der Waals surface area contributed by atoms with Crippen molar-refractivity contribution in [1.29, 1.82) is 0 Å². The summed E-state index contributed by atoms with van der Waals surface area (Å²) in [7, 11) is 0. The molecule has 0 aromatic carbocycles. The van der Waals surface area contributed by atoms with E-state index < -0.39 is 5.60 Å². The second-order valence-corrected chi connectivity index (χ2v) is 6.32. The average molecular weight is 235 g/mol. The van der Waals surface area contributed by atoms with Crippen LogP contribution in [0.25, 0.3) is 0 Å². The van der Waals surface area contributed by atoms with Crippen LogP contribution < -0.4 is 0 Å². The Morgan fingerprint density at radius 3 is 2.76 bits per heavy atom. The number of hydrogen-bond acceptors (Lipinski definition) is 3. The van der Waals surface area contributed by atoms with E-state index in [2.05, 4.69) is 10.3 Å². The van der Waals surface area contributed by atoms with Gasteiger partial charge in [-0.25, -0.2) is 0 Å². The smallest absolute Gasteiger partial charge is 0.114 e. The van der Waals surface area contributed by atoms with Crippen LogP contribution in [0.4, 0.5) is 0 Å². The maximum absolute atomic E-state index is 9.85. The molecule has 94 valence electrons. The molecular weight excluding hydrogens is 214 g/mol. The number of nitrogens with zero attached hydrogens (tertiary/aromatic N) is 3. The maximum atomic E-state index is 9.85. The highest BCUT2D eigenvalue weighted by Gasteiger charge is 2.39. The molecule has 0 saturated heterocycles. The highest BCUT2D eigenvalue weighted by molar-refractivity contribution is 5.03. The minimum Gasteiger partial charge on any atom is -0.384 e. The van der Waals surface area contributed by atoms with E-state index in [1.165, 1.54) is 25.7 Å². The lowest BCUT2D eigenvalue weighted by molar-refractivity contribution is 0.0737. The summed E-state index contributed by atoms with van der Waals surface area (Å²) in [5.74, 6) is 2.67. The average Bonchev–Trinajstić information content (AvgIpc) is 2.89. The zero-order valence-corrected chi connectivity index (χ0v) is 10.6. The molecule has 2 aliphatic carbocycles. The van der Waals surface area contributed by atoms with Gasteiger partial charge in [-0.2, -0.15) is 0 Å². The van der Waals surface area contributed by atoms with Gasteiger partial charge in [-0.05, 0) is 50.9 Å². The van der Waals surface area contributed by atoms with Crippen LogP contribution >= 0.6 is 0 Å². The van der Waals surface area contributed by atoms with E-state index in [-0.39, 0.29) is 0 Å². The summed E-state index contributed by atoms with van der Waals surface area (Å²) < 4.78 is 1.92. The first-order valence-corrected chi connectivity index (χ1v) is 6.65. The standard InChI is InChI=1S/C13H21N3O/c1-13(2,17)12-8-16(15-14-12)7-11-6-9-3-4-10(11)5-9/h8-11,17H,3-7H2,1-2H3. The van der Waals surface area contributed by atoms with E-state index >= 15 is 0 Å². The molecule has 0 amide bonds. The van der Waals surface area contributed by atoms with Gasteiger partial charge in [-0.3, -0.25) is 4.68 Å². The predicted molar refractivity (Wildman–Crippen MR) is 64.2 cm³/mol. The highest BCUT2D eigenvalue weighted by Crippen LogP contribution is 2.48. The Bertz CT molecular complexity index is 407. The largest absolute Gasteiger partial charge is 0.384 e. The second-order valence-electron chi connectivity index (χ2n) is 6.32. The van der Waals surface area contributed by atoms with Gasteiger partial charge in [0.05, 0.1) is 6.20 Å². The summed E-state index contributed by atoms with van der Waals surface area (Å²) in [6.07, 6.45) is 7.53. The summed E-state index contributed by atoms with van der Waals surface area (Å²) in [4.78, 5) is 0. The van der Waals surface area contributed by atoms with Crippen molar-refractivity contribution >= 4 is 0 Å². The lowest BCUT2D eigenvalue weighted by Crippen LogP contribution is -2.18. The Morgan fingerprint density at radius 2 is 2.24 bits per heavy atom. The molecule has 1 heterocycles. The Balaban J connectivity index is 1.68. The van der Waals surface area contributed by atoms with Gasteiger partial charge in [-0.15, -0.1) is 5.10 Å². The zero-order valence-electron chi connectivity index (χ0n) is 10.6. The van der Waals surface area contributed by atoms with Crippen LogP contribution in [0.15, 0.2) is 6.20 Å². The first-order chi connectivity index (χ1) is 8.02. The van der Waals surface area contributed by atoms with E-state index in [9.17, 15) is 5.11 Å². The molecule has 0 aliphatic heterocycles. The minimum atomic E-state index is -0.882. The number of hydrogen-bond donors (Lipinski definition) is 1. The van der Waals surface area contributed by atoms with E-state index in [4.69, 9.17) is 0 Å². The van der Waals surface area contributed by atoms with Crippen molar-refractivity contribution in [3.63, 3.8) is 0 Å². The van der Waals surface area contributed by atoms with Crippen molar-refractivity contribution in [2.45, 2.75) is 51.7 Å². The highest BCUT2D eigenvalue weighted by atomic mass is 16.3. The van der Waals surface area contributed by atoms with Gasteiger partial charge in [-0.1, -0.05) is 11.6 Å². The monoisotopic (exact) mass is 235 g/mol. The van der Waals surface area contributed by atoms with Crippen molar-refractivity contribution < 1.29 is 5.11 Å². The van der Waals surface area contributed by atoms with Crippen LogP contribution in [-0.4, -0.2) is 20.1 Å². The molecule has 3 unspecified atom stereocenters. The normalized spacial score (nSPS) is 32.3. The Kier molecular flexibility index (Phi) is 2.51. The molecule has 3 rings (SSSR count). The summed E-state index contributed by atoms with van der Waals surface area (Å²) in [5, 5.41) is 18.0. The van der Waals surface area contributed by atoms with Gasteiger partial charge in [0.1, 0.15) is 11.3 Å². The first kappa shape index (κ1) is 11.2. The number of rotatable bonds is 3. The third-order valence-electron chi connectivity index (χ3n) is 4.47. The van der Waals surface area contributed by atoms with Crippen molar-refractivity contribution in [2.75, 3.05) is 0 Å². The third kappa shape index (κ3) is 2.10. The minimum absolute atomic E-state index is 0.667. The second kappa shape index (κ2) is 3.80. The first-order valence-electron chi connectivity index (χ1n) is 6.65. The zero-order chi connectivity index (χ0) is 12.0. The van der Waals surface area contributed by atoms with Gasteiger partial charge < -0.3 is 5.11 Å². The van der Waals surface area contributed by atoms with E-state index in [0.717, 1.165) is 24.3 Å². The van der Waals surface area contributed by atoms with Crippen LogP contribution in [-0.2, 0) is 12.1 Å². The van der Waals surface area contributed by atoms with Crippen molar-refractivity contribution in [1.82, 2.24) is 15.0 Å². The molecule has 3 atom stereocenters.